The van der Waals surface area contributed by atoms with E-state index in [1.54, 1.807) is 4.90 Å². The predicted octanol–water partition coefficient (Wildman–Crippen LogP) is 5.19. The van der Waals surface area contributed by atoms with Crippen molar-refractivity contribution in [3.05, 3.63) is 58.1 Å². The molecule has 0 atom stereocenters. The van der Waals surface area contributed by atoms with Gasteiger partial charge >= 0.3 is 6.18 Å². The zero-order chi connectivity index (χ0) is 21.9. The van der Waals surface area contributed by atoms with E-state index in [9.17, 15) is 28.1 Å². The standard InChI is InChI=1S/C20H20F3N3O3S/c1-30-18-5-3-2-4-15(18)24-19(27)13-8-10-25(11-9-13)16-7-6-14(20(21,22)23)12-17(16)26(28)29/h2-7,12-13H,8-11H2,1H3,(H,24,27). The number of thioether (sulfide) groups is 1. The van der Waals surface area contributed by atoms with Crippen molar-refractivity contribution < 1.29 is 22.9 Å². The molecule has 1 heterocycles. The molecule has 0 saturated carbocycles. The molecule has 1 N–H and O–H groups in total. The maximum atomic E-state index is 12.9. The van der Waals surface area contributed by atoms with Crippen LogP contribution in [0.3, 0.4) is 0 Å². The van der Waals surface area contributed by atoms with Crippen molar-refractivity contribution in [1.82, 2.24) is 0 Å². The van der Waals surface area contributed by atoms with Crippen LogP contribution < -0.4 is 10.2 Å². The van der Waals surface area contributed by atoms with E-state index in [2.05, 4.69) is 5.32 Å². The number of anilines is 2. The van der Waals surface area contributed by atoms with Crippen molar-refractivity contribution in [2.24, 2.45) is 5.92 Å². The van der Waals surface area contributed by atoms with E-state index in [0.717, 1.165) is 22.7 Å². The highest BCUT2D eigenvalue weighted by Crippen LogP contribution is 2.38. The lowest BCUT2D eigenvalue weighted by molar-refractivity contribution is -0.384. The lowest BCUT2D eigenvalue weighted by Gasteiger charge is -2.32. The normalized spacial score (nSPS) is 15.1. The topological polar surface area (TPSA) is 75.5 Å². The first-order valence-electron chi connectivity index (χ1n) is 9.25. The number of nitrogens with zero attached hydrogens (tertiary/aromatic N) is 2. The van der Waals surface area contributed by atoms with Gasteiger partial charge in [0.15, 0.2) is 0 Å². The van der Waals surface area contributed by atoms with Gasteiger partial charge in [0.25, 0.3) is 5.69 Å². The fourth-order valence-electron chi connectivity index (χ4n) is 3.48. The molecule has 1 saturated heterocycles. The van der Waals surface area contributed by atoms with Gasteiger partial charge < -0.3 is 10.2 Å². The van der Waals surface area contributed by atoms with Crippen LogP contribution in [0.4, 0.5) is 30.2 Å². The molecule has 1 aliphatic rings. The van der Waals surface area contributed by atoms with Gasteiger partial charge in [0, 0.05) is 30.0 Å². The van der Waals surface area contributed by atoms with E-state index < -0.39 is 22.4 Å². The minimum atomic E-state index is -4.65. The molecule has 0 radical (unpaired) electrons. The number of rotatable bonds is 5. The lowest BCUT2D eigenvalue weighted by Crippen LogP contribution is -2.38. The molecule has 1 fully saturated rings. The Hall–Kier alpha value is -2.75. The Morgan fingerprint density at radius 1 is 1.20 bits per heavy atom. The number of carbonyl (C=O) groups excluding carboxylic acids is 1. The van der Waals surface area contributed by atoms with Crippen LogP contribution in [-0.4, -0.2) is 30.2 Å². The number of nitro groups is 1. The van der Waals surface area contributed by atoms with Gasteiger partial charge in [-0.05, 0) is 43.4 Å². The van der Waals surface area contributed by atoms with Gasteiger partial charge in [0.2, 0.25) is 5.91 Å². The summed E-state index contributed by atoms with van der Waals surface area (Å²) < 4.78 is 38.7. The van der Waals surface area contributed by atoms with Gasteiger partial charge in [0.1, 0.15) is 5.69 Å². The summed E-state index contributed by atoms with van der Waals surface area (Å²) in [4.78, 5) is 25.8. The smallest absolute Gasteiger partial charge is 0.366 e. The number of carbonyl (C=O) groups is 1. The second-order valence-electron chi connectivity index (χ2n) is 6.91. The van der Waals surface area contributed by atoms with Crippen LogP contribution in [0.2, 0.25) is 0 Å². The molecular formula is C20H20F3N3O3S. The third-order valence-electron chi connectivity index (χ3n) is 5.07. The van der Waals surface area contributed by atoms with E-state index in [1.807, 2.05) is 30.5 Å². The first-order chi connectivity index (χ1) is 14.2. The average molecular weight is 439 g/mol. The molecule has 10 heteroatoms. The maximum Gasteiger partial charge on any atom is 0.416 e. The van der Waals surface area contributed by atoms with Crippen LogP contribution in [0.25, 0.3) is 0 Å². The molecule has 30 heavy (non-hydrogen) atoms. The van der Waals surface area contributed by atoms with E-state index in [0.29, 0.717) is 32.0 Å². The number of hydrogen-bond acceptors (Lipinski definition) is 5. The van der Waals surface area contributed by atoms with Crippen LogP contribution in [0.15, 0.2) is 47.4 Å². The molecule has 0 unspecified atom stereocenters. The predicted molar refractivity (Wildman–Crippen MR) is 110 cm³/mol. The summed E-state index contributed by atoms with van der Waals surface area (Å²) in [5.41, 5.74) is -0.767. The summed E-state index contributed by atoms with van der Waals surface area (Å²) in [6.07, 6.45) is -1.83. The van der Waals surface area contributed by atoms with E-state index >= 15 is 0 Å². The Morgan fingerprint density at radius 3 is 2.47 bits per heavy atom. The van der Waals surface area contributed by atoms with Crippen molar-refractivity contribution in [2.45, 2.75) is 23.9 Å². The zero-order valence-corrected chi connectivity index (χ0v) is 16.9. The summed E-state index contributed by atoms with van der Waals surface area (Å²) >= 11 is 1.52. The van der Waals surface area contributed by atoms with Crippen LogP contribution in [0, 0.1) is 16.0 Å². The van der Waals surface area contributed by atoms with Crippen molar-refractivity contribution in [2.75, 3.05) is 29.6 Å². The second-order valence-corrected chi connectivity index (χ2v) is 7.76. The van der Waals surface area contributed by atoms with Gasteiger partial charge in [0.05, 0.1) is 16.2 Å². The molecule has 6 nitrogen and oxygen atoms in total. The Kier molecular flexibility index (Phi) is 6.55. The Bertz CT molecular complexity index is 944. The quantitative estimate of drug-likeness (QED) is 0.394. The van der Waals surface area contributed by atoms with Crippen LogP contribution in [-0.2, 0) is 11.0 Å². The number of halogens is 3. The van der Waals surface area contributed by atoms with E-state index in [1.165, 1.54) is 11.8 Å². The summed E-state index contributed by atoms with van der Waals surface area (Å²) in [6.45, 7) is 0.683. The number of nitro benzene ring substituents is 1. The third kappa shape index (κ3) is 4.86. The minimum absolute atomic E-state index is 0.127. The molecule has 1 amide bonds. The largest absolute Gasteiger partial charge is 0.416 e. The number of benzene rings is 2. The molecule has 1 aliphatic heterocycles. The highest BCUT2D eigenvalue weighted by molar-refractivity contribution is 7.98. The zero-order valence-electron chi connectivity index (χ0n) is 16.1. The molecule has 0 aromatic heterocycles. The van der Waals surface area contributed by atoms with Crippen molar-refractivity contribution in [3.8, 4) is 0 Å². The van der Waals surface area contributed by atoms with E-state index in [4.69, 9.17) is 0 Å². The number of para-hydroxylation sites is 1. The molecule has 160 valence electrons. The van der Waals surface area contributed by atoms with Crippen molar-refractivity contribution in [3.63, 3.8) is 0 Å². The van der Waals surface area contributed by atoms with Gasteiger partial charge in [-0.1, -0.05) is 12.1 Å². The first-order valence-corrected chi connectivity index (χ1v) is 10.5. The molecule has 3 rings (SSSR count). The maximum absolute atomic E-state index is 12.9. The monoisotopic (exact) mass is 439 g/mol. The van der Waals surface area contributed by atoms with Gasteiger partial charge in [-0.2, -0.15) is 13.2 Å². The van der Waals surface area contributed by atoms with Crippen molar-refractivity contribution in [1.29, 1.82) is 0 Å². The van der Waals surface area contributed by atoms with Crippen LogP contribution >= 0.6 is 11.8 Å². The number of alkyl halides is 3. The summed E-state index contributed by atoms with van der Waals surface area (Å²) in [5, 5.41) is 14.3. The number of hydrogen-bond donors (Lipinski definition) is 1. The highest BCUT2D eigenvalue weighted by Gasteiger charge is 2.35. The Balaban J connectivity index is 1.69. The summed E-state index contributed by atoms with van der Waals surface area (Å²) in [5.74, 6) is -0.400. The second kappa shape index (κ2) is 8.95. The number of piperidine rings is 1. The SMILES string of the molecule is CSc1ccccc1NC(=O)C1CCN(c2ccc(C(F)(F)F)cc2[N+](=O)[O-])CC1. The fourth-order valence-corrected chi connectivity index (χ4v) is 4.03. The summed E-state index contributed by atoms with van der Waals surface area (Å²) in [7, 11) is 0. The van der Waals surface area contributed by atoms with Gasteiger partial charge in [-0.15, -0.1) is 11.8 Å². The molecular weight excluding hydrogens is 419 g/mol. The molecule has 2 aromatic carbocycles. The number of amides is 1. The highest BCUT2D eigenvalue weighted by atomic mass is 32.2. The Morgan fingerprint density at radius 2 is 1.87 bits per heavy atom. The lowest BCUT2D eigenvalue weighted by atomic mass is 9.95. The molecule has 0 spiro atoms. The van der Waals surface area contributed by atoms with Gasteiger partial charge in [-0.3, -0.25) is 14.9 Å². The molecule has 0 bridgehead atoms. The third-order valence-corrected chi connectivity index (χ3v) is 5.87. The van der Waals surface area contributed by atoms with E-state index in [-0.39, 0.29) is 17.5 Å². The minimum Gasteiger partial charge on any atom is -0.366 e. The van der Waals surface area contributed by atoms with Crippen LogP contribution in [0.1, 0.15) is 18.4 Å². The first kappa shape index (κ1) is 21.9. The molecule has 0 aliphatic carbocycles. The Labute approximate surface area is 175 Å². The summed E-state index contributed by atoms with van der Waals surface area (Å²) in [6, 6.07) is 10.00. The molecule has 2 aromatic rings. The average Bonchev–Trinajstić information content (AvgIpc) is 2.73. The fraction of sp³-hybridized carbons (Fsp3) is 0.350. The number of nitrogens with one attached hydrogen (secondary N) is 1. The van der Waals surface area contributed by atoms with Crippen molar-refractivity contribution >= 4 is 34.7 Å². The van der Waals surface area contributed by atoms with Crippen LogP contribution in [0.5, 0.6) is 0 Å². The van der Waals surface area contributed by atoms with Gasteiger partial charge in [-0.25, -0.2) is 0 Å².